The first-order valence-electron chi connectivity index (χ1n) is 10.1. The normalized spacial score (nSPS) is 18.6. The molecule has 2 rings (SSSR count). The van der Waals surface area contributed by atoms with Crippen LogP contribution < -0.4 is 15.4 Å². The molecule has 1 saturated heterocycles. The monoisotopic (exact) mass is 376 g/mol. The zero-order valence-corrected chi connectivity index (χ0v) is 17.3. The van der Waals surface area contributed by atoms with Gasteiger partial charge in [0, 0.05) is 32.7 Å². The highest BCUT2D eigenvalue weighted by Crippen LogP contribution is 2.11. The maximum atomic E-state index is 5.90. The zero-order valence-electron chi connectivity index (χ0n) is 17.3. The van der Waals surface area contributed by atoms with E-state index < -0.39 is 0 Å². The van der Waals surface area contributed by atoms with Crippen molar-refractivity contribution in [3.05, 3.63) is 29.8 Å². The number of aliphatic imine (C=N–C) groups is 1. The Balaban J connectivity index is 1.78. The molecule has 27 heavy (non-hydrogen) atoms. The summed E-state index contributed by atoms with van der Waals surface area (Å²) < 4.78 is 11.1. The molecule has 2 N–H and O–H groups in total. The summed E-state index contributed by atoms with van der Waals surface area (Å²) in [6.45, 7) is 12.9. The molecule has 6 nitrogen and oxygen atoms in total. The molecule has 1 aliphatic heterocycles. The lowest BCUT2D eigenvalue weighted by molar-refractivity contribution is -0.0261. The first kappa shape index (κ1) is 21.5. The summed E-state index contributed by atoms with van der Waals surface area (Å²) in [5.41, 5.74) is 1.28. The van der Waals surface area contributed by atoms with Crippen LogP contribution in [0.4, 0.5) is 0 Å². The summed E-state index contributed by atoms with van der Waals surface area (Å²) in [5, 5.41) is 6.74. The number of ether oxygens (including phenoxy) is 2. The molecule has 1 unspecified atom stereocenters. The number of hydrogen-bond donors (Lipinski definition) is 2. The fraction of sp³-hybridized carbons (Fsp3) is 0.667. The molecule has 0 radical (unpaired) electrons. The topological polar surface area (TPSA) is 58.1 Å². The number of nitrogens with zero attached hydrogens (tertiary/aromatic N) is 2. The third-order valence-corrected chi connectivity index (χ3v) is 4.51. The van der Waals surface area contributed by atoms with E-state index in [0.29, 0.717) is 12.5 Å². The van der Waals surface area contributed by atoms with E-state index in [1.807, 2.05) is 12.1 Å². The fourth-order valence-electron chi connectivity index (χ4n) is 3.23. The Kier molecular flexibility index (Phi) is 9.42. The van der Waals surface area contributed by atoms with Crippen molar-refractivity contribution in [2.45, 2.75) is 33.3 Å². The SMILES string of the molecule is CCNC(=NCC1CN(CC(C)C)CCO1)NCCc1ccc(OC)cc1. The Morgan fingerprint density at radius 1 is 1.30 bits per heavy atom. The summed E-state index contributed by atoms with van der Waals surface area (Å²) in [6, 6.07) is 8.20. The van der Waals surface area contributed by atoms with Crippen molar-refractivity contribution in [2.75, 3.05) is 53.0 Å². The molecule has 0 spiro atoms. The summed E-state index contributed by atoms with van der Waals surface area (Å²) >= 11 is 0. The van der Waals surface area contributed by atoms with Crippen LogP contribution in [0.3, 0.4) is 0 Å². The van der Waals surface area contributed by atoms with Crippen LogP contribution in [-0.4, -0.2) is 69.9 Å². The van der Waals surface area contributed by atoms with Crippen LogP contribution >= 0.6 is 0 Å². The summed E-state index contributed by atoms with van der Waals surface area (Å²) in [5.74, 6) is 2.43. The lowest BCUT2D eigenvalue weighted by Crippen LogP contribution is -2.46. The van der Waals surface area contributed by atoms with Crippen LogP contribution in [0.1, 0.15) is 26.3 Å². The van der Waals surface area contributed by atoms with Gasteiger partial charge in [0.05, 0.1) is 26.4 Å². The second kappa shape index (κ2) is 11.8. The van der Waals surface area contributed by atoms with E-state index in [2.05, 4.69) is 48.4 Å². The van der Waals surface area contributed by atoms with Gasteiger partial charge in [-0.1, -0.05) is 26.0 Å². The second-order valence-electron chi connectivity index (χ2n) is 7.39. The molecule has 6 heteroatoms. The second-order valence-corrected chi connectivity index (χ2v) is 7.39. The molecular formula is C21H36N4O2. The molecule has 0 amide bonds. The van der Waals surface area contributed by atoms with Gasteiger partial charge in [0.25, 0.3) is 0 Å². The third kappa shape index (κ3) is 8.18. The van der Waals surface area contributed by atoms with Gasteiger partial charge in [0.1, 0.15) is 5.75 Å². The van der Waals surface area contributed by atoms with Gasteiger partial charge >= 0.3 is 0 Å². The highest BCUT2D eigenvalue weighted by atomic mass is 16.5. The molecule has 1 atom stereocenters. The van der Waals surface area contributed by atoms with Gasteiger partial charge in [-0.15, -0.1) is 0 Å². The van der Waals surface area contributed by atoms with Crippen molar-refractivity contribution in [3.63, 3.8) is 0 Å². The molecule has 1 heterocycles. The van der Waals surface area contributed by atoms with E-state index in [4.69, 9.17) is 14.5 Å². The maximum absolute atomic E-state index is 5.90. The standard InChI is InChI=1S/C21H36N4O2/c1-5-22-21(23-11-10-18-6-8-19(26-4)9-7-18)24-14-20-16-25(12-13-27-20)15-17(2)3/h6-9,17,20H,5,10-16H2,1-4H3,(H2,22,23,24). The van der Waals surface area contributed by atoms with E-state index >= 15 is 0 Å². The van der Waals surface area contributed by atoms with Crippen molar-refractivity contribution in [1.29, 1.82) is 0 Å². The van der Waals surface area contributed by atoms with Crippen LogP contribution in [0.25, 0.3) is 0 Å². The third-order valence-electron chi connectivity index (χ3n) is 4.51. The Hall–Kier alpha value is -1.79. The average Bonchev–Trinajstić information content (AvgIpc) is 2.66. The van der Waals surface area contributed by atoms with Gasteiger partial charge < -0.3 is 20.1 Å². The molecular weight excluding hydrogens is 340 g/mol. The summed E-state index contributed by atoms with van der Waals surface area (Å²) in [4.78, 5) is 7.22. The predicted octanol–water partition coefficient (Wildman–Crippen LogP) is 2.15. The van der Waals surface area contributed by atoms with Crippen LogP contribution in [-0.2, 0) is 11.2 Å². The first-order valence-corrected chi connectivity index (χ1v) is 10.1. The molecule has 1 aromatic rings. The highest BCUT2D eigenvalue weighted by Gasteiger charge is 2.20. The number of nitrogens with one attached hydrogen (secondary N) is 2. The molecule has 0 bridgehead atoms. The van der Waals surface area contributed by atoms with Crippen LogP contribution in [0.2, 0.25) is 0 Å². The van der Waals surface area contributed by atoms with Crippen LogP contribution in [0.5, 0.6) is 5.75 Å². The van der Waals surface area contributed by atoms with Crippen molar-refractivity contribution in [3.8, 4) is 5.75 Å². The molecule has 1 aromatic carbocycles. The maximum Gasteiger partial charge on any atom is 0.191 e. The van der Waals surface area contributed by atoms with Crippen molar-refractivity contribution < 1.29 is 9.47 Å². The van der Waals surface area contributed by atoms with Crippen molar-refractivity contribution in [2.24, 2.45) is 10.9 Å². The van der Waals surface area contributed by atoms with Gasteiger partial charge in [-0.3, -0.25) is 9.89 Å². The number of rotatable bonds is 9. The molecule has 1 aliphatic rings. The highest BCUT2D eigenvalue weighted by molar-refractivity contribution is 5.79. The van der Waals surface area contributed by atoms with Gasteiger partial charge in [0.15, 0.2) is 5.96 Å². The zero-order chi connectivity index (χ0) is 19.5. The minimum atomic E-state index is 0.176. The lowest BCUT2D eigenvalue weighted by Gasteiger charge is -2.33. The number of morpholine rings is 1. The number of methoxy groups -OCH3 is 1. The minimum Gasteiger partial charge on any atom is -0.497 e. The van der Waals surface area contributed by atoms with Crippen LogP contribution in [0.15, 0.2) is 29.3 Å². The average molecular weight is 377 g/mol. The van der Waals surface area contributed by atoms with E-state index in [0.717, 1.165) is 57.5 Å². The van der Waals surface area contributed by atoms with Crippen LogP contribution in [0, 0.1) is 5.92 Å². The Labute approximate surface area is 164 Å². The number of benzene rings is 1. The van der Waals surface area contributed by atoms with Gasteiger partial charge in [-0.25, -0.2) is 0 Å². The van der Waals surface area contributed by atoms with Gasteiger partial charge in [0.2, 0.25) is 0 Å². The van der Waals surface area contributed by atoms with Crippen molar-refractivity contribution in [1.82, 2.24) is 15.5 Å². The van der Waals surface area contributed by atoms with Gasteiger partial charge in [-0.05, 0) is 37.0 Å². The van der Waals surface area contributed by atoms with E-state index in [1.165, 1.54) is 5.56 Å². The number of guanidine groups is 1. The van der Waals surface area contributed by atoms with Gasteiger partial charge in [-0.2, -0.15) is 0 Å². The lowest BCUT2D eigenvalue weighted by atomic mass is 10.1. The summed E-state index contributed by atoms with van der Waals surface area (Å²) in [6.07, 6.45) is 1.12. The van der Waals surface area contributed by atoms with E-state index in [1.54, 1.807) is 7.11 Å². The Bertz CT molecular complexity index is 560. The summed E-state index contributed by atoms with van der Waals surface area (Å²) in [7, 11) is 1.69. The Morgan fingerprint density at radius 2 is 2.07 bits per heavy atom. The minimum absolute atomic E-state index is 0.176. The van der Waals surface area contributed by atoms with E-state index in [9.17, 15) is 0 Å². The molecule has 0 aromatic heterocycles. The Morgan fingerprint density at radius 3 is 2.74 bits per heavy atom. The quantitative estimate of drug-likeness (QED) is 0.511. The molecule has 152 valence electrons. The number of hydrogen-bond acceptors (Lipinski definition) is 4. The van der Waals surface area contributed by atoms with Crippen molar-refractivity contribution >= 4 is 5.96 Å². The molecule has 0 saturated carbocycles. The molecule has 1 fully saturated rings. The predicted molar refractivity (Wildman–Crippen MR) is 112 cm³/mol. The smallest absolute Gasteiger partial charge is 0.191 e. The fourth-order valence-corrected chi connectivity index (χ4v) is 3.23. The van der Waals surface area contributed by atoms with E-state index in [-0.39, 0.29) is 6.10 Å². The largest absolute Gasteiger partial charge is 0.497 e. The molecule has 0 aliphatic carbocycles. The first-order chi connectivity index (χ1) is 13.1.